The van der Waals surface area contributed by atoms with E-state index < -0.39 is 24.4 Å². The van der Waals surface area contributed by atoms with E-state index in [0.29, 0.717) is 16.9 Å². The molecule has 0 saturated heterocycles. The Hall–Kier alpha value is -4.81. The molecule has 0 aliphatic heterocycles. The van der Waals surface area contributed by atoms with E-state index in [4.69, 9.17) is 60.6 Å². The van der Waals surface area contributed by atoms with Gasteiger partial charge in [0.1, 0.15) is 19.8 Å². The minimum Gasteiger partial charge on any atom is -0.486 e. The summed E-state index contributed by atoms with van der Waals surface area (Å²) in [4.78, 5) is 60.5. The zero-order valence-electron chi connectivity index (χ0n) is 28.4. The van der Waals surface area contributed by atoms with Gasteiger partial charge in [0.2, 0.25) is 11.8 Å². The van der Waals surface area contributed by atoms with Crippen LogP contribution in [0.1, 0.15) is 52.0 Å². The molecule has 0 fully saturated rings. The normalized spacial score (nSPS) is 10.6. The van der Waals surface area contributed by atoms with E-state index in [9.17, 15) is 24.0 Å². The van der Waals surface area contributed by atoms with Crippen molar-refractivity contribution in [3.8, 4) is 11.5 Å². The summed E-state index contributed by atoms with van der Waals surface area (Å²) in [5.41, 5.74) is 4.95. The van der Waals surface area contributed by atoms with Crippen molar-refractivity contribution in [2.75, 3.05) is 17.2 Å². The second kappa shape index (κ2) is 18.1. The highest BCUT2D eigenvalue weighted by Gasteiger charge is 2.19. The lowest BCUT2D eigenvalue weighted by Gasteiger charge is -2.14. The van der Waals surface area contributed by atoms with Gasteiger partial charge in [-0.3, -0.25) is 19.2 Å². The summed E-state index contributed by atoms with van der Waals surface area (Å²) >= 11 is 25.5. The summed E-state index contributed by atoms with van der Waals surface area (Å²) in [6.45, 7) is 6.12. The summed E-state index contributed by atoms with van der Waals surface area (Å²) in [5, 5.41) is 8.16. The molecule has 0 atom stereocenters. The lowest BCUT2D eigenvalue weighted by atomic mass is 10.1. The number of amides is 3. The fraction of sp³-hybridized carbons (Fsp3) is 0.216. The summed E-state index contributed by atoms with van der Waals surface area (Å²) in [6, 6.07) is 16.4. The Labute approximate surface area is 319 Å². The van der Waals surface area contributed by atoms with Crippen molar-refractivity contribution in [2.24, 2.45) is 0 Å². The van der Waals surface area contributed by atoms with Crippen LogP contribution < -0.4 is 25.4 Å². The standard InChI is InChI=1S/C37H33Cl4N3O8/c1-19-5-24(9-27(7-19)43-21(3)45)17-50-35-29(38)11-23(12-30(35)39)13-33(47)52-34(48)16-42-37(49)26-14-31(40)36(32(41)15-26)51-18-25-6-20(2)8-28(10-25)44-22(4)46/h5-12,14-15H,13,16-18H2,1-4H3,(H,42,49)(H,43,45)(H,44,46). The van der Waals surface area contributed by atoms with Crippen LogP contribution in [-0.4, -0.2) is 36.2 Å². The van der Waals surface area contributed by atoms with Gasteiger partial charge in [-0.25, -0.2) is 4.79 Å². The number of aryl methyl sites for hydroxylation is 2. The Morgan fingerprint density at radius 2 is 1.02 bits per heavy atom. The number of esters is 2. The van der Waals surface area contributed by atoms with Crippen molar-refractivity contribution in [1.82, 2.24) is 5.32 Å². The molecule has 15 heteroatoms. The van der Waals surface area contributed by atoms with Gasteiger partial charge in [0.05, 0.1) is 26.5 Å². The number of anilines is 2. The SMILES string of the molecule is CC(=O)Nc1cc(C)cc(COc2c(Cl)cc(CC(=O)OC(=O)CNC(=O)c3cc(Cl)c(OCc4cc(C)cc(NC(C)=O)c4)c(Cl)c3)cc2Cl)c1. The fourth-order valence-electron chi connectivity index (χ4n) is 5.05. The molecule has 0 bridgehead atoms. The van der Waals surface area contributed by atoms with Gasteiger partial charge in [-0.1, -0.05) is 58.5 Å². The molecule has 4 aromatic carbocycles. The zero-order chi connectivity index (χ0) is 38.1. The largest absolute Gasteiger partial charge is 0.486 e. The minimum atomic E-state index is -1.01. The second-order valence-corrected chi connectivity index (χ2v) is 13.3. The molecule has 3 N–H and O–H groups in total. The maximum atomic E-state index is 12.8. The van der Waals surface area contributed by atoms with E-state index >= 15 is 0 Å². The van der Waals surface area contributed by atoms with Crippen LogP contribution in [-0.2, 0) is 43.5 Å². The van der Waals surface area contributed by atoms with Crippen molar-refractivity contribution >= 4 is 87.4 Å². The van der Waals surface area contributed by atoms with Crippen LogP contribution in [0.5, 0.6) is 11.5 Å². The quantitative estimate of drug-likeness (QED) is 0.0911. The van der Waals surface area contributed by atoms with Crippen molar-refractivity contribution in [3.05, 3.63) is 114 Å². The van der Waals surface area contributed by atoms with E-state index in [1.165, 1.54) is 38.1 Å². The Bertz CT molecular complexity index is 2010. The maximum Gasteiger partial charge on any atom is 0.333 e. The molecule has 3 amide bonds. The number of rotatable bonds is 13. The fourth-order valence-corrected chi connectivity index (χ4v) is 6.29. The van der Waals surface area contributed by atoms with Crippen molar-refractivity contribution in [2.45, 2.75) is 47.3 Å². The van der Waals surface area contributed by atoms with Gasteiger partial charge in [0.15, 0.2) is 11.5 Å². The zero-order valence-corrected chi connectivity index (χ0v) is 31.4. The third-order valence-electron chi connectivity index (χ3n) is 6.97. The first-order valence-electron chi connectivity index (χ1n) is 15.6. The first-order valence-corrected chi connectivity index (χ1v) is 17.1. The first-order chi connectivity index (χ1) is 24.6. The van der Waals surface area contributed by atoms with Gasteiger partial charge < -0.3 is 30.2 Å². The van der Waals surface area contributed by atoms with Crippen LogP contribution in [0, 0.1) is 13.8 Å². The van der Waals surface area contributed by atoms with Crippen LogP contribution >= 0.6 is 46.4 Å². The van der Waals surface area contributed by atoms with Gasteiger partial charge in [-0.15, -0.1) is 0 Å². The first kappa shape index (κ1) is 40.0. The highest BCUT2D eigenvalue weighted by Crippen LogP contribution is 2.36. The molecule has 0 aromatic heterocycles. The van der Waals surface area contributed by atoms with Gasteiger partial charge in [-0.2, -0.15) is 0 Å². The number of carbonyl (C=O) groups excluding carboxylic acids is 5. The number of hydrogen-bond acceptors (Lipinski definition) is 8. The lowest BCUT2D eigenvalue weighted by Crippen LogP contribution is -2.32. The van der Waals surface area contributed by atoms with Crippen molar-refractivity contribution in [3.63, 3.8) is 0 Å². The Morgan fingerprint density at radius 1 is 0.577 bits per heavy atom. The molecule has 52 heavy (non-hydrogen) atoms. The van der Waals surface area contributed by atoms with Gasteiger partial charge in [0, 0.05) is 30.8 Å². The third kappa shape index (κ3) is 11.9. The Morgan fingerprint density at radius 3 is 1.46 bits per heavy atom. The summed E-state index contributed by atoms with van der Waals surface area (Å²) < 4.78 is 16.5. The molecule has 0 spiro atoms. The molecule has 11 nitrogen and oxygen atoms in total. The molecule has 0 heterocycles. The number of carbonyl (C=O) groups is 5. The van der Waals surface area contributed by atoms with E-state index in [1.54, 1.807) is 12.1 Å². The van der Waals surface area contributed by atoms with E-state index in [2.05, 4.69) is 16.0 Å². The average molecular weight is 789 g/mol. The highest BCUT2D eigenvalue weighted by molar-refractivity contribution is 6.38. The van der Waals surface area contributed by atoms with E-state index in [-0.39, 0.29) is 68.6 Å². The number of benzene rings is 4. The summed E-state index contributed by atoms with van der Waals surface area (Å²) in [7, 11) is 0. The Balaban J connectivity index is 1.28. The topological polar surface area (TPSA) is 149 Å². The lowest BCUT2D eigenvalue weighted by molar-refractivity contribution is -0.158. The van der Waals surface area contributed by atoms with Gasteiger partial charge in [-0.05, 0) is 90.2 Å². The number of ether oxygens (including phenoxy) is 3. The monoisotopic (exact) mass is 787 g/mol. The average Bonchev–Trinajstić information content (AvgIpc) is 3.01. The van der Waals surface area contributed by atoms with Crippen LogP contribution in [0.4, 0.5) is 11.4 Å². The Kier molecular flexibility index (Phi) is 13.9. The van der Waals surface area contributed by atoms with Crippen LogP contribution in [0.3, 0.4) is 0 Å². The predicted octanol–water partition coefficient (Wildman–Crippen LogP) is 8.03. The van der Waals surface area contributed by atoms with Crippen LogP contribution in [0.2, 0.25) is 20.1 Å². The van der Waals surface area contributed by atoms with E-state index in [0.717, 1.165) is 22.3 Å². The molecule has 0 radical (unpaired) electrons. The van der Waals surface area contributed by atoms with Crippen molar-refractivity contribution in [1.29, 1.82) is 0 Å². The summed E-state index contributed by atoms with van der Waals surface area (Å²) in [6.07, 6.45) is -0.346. The molecule has 0 aliphatic rings. The molecular formula is C37H33Cl4N3O8. The molecule has 4 aromatic rings. The van der Waals surface area contributed by atoms with E-state index in [1.807, 2.05) is 38.1 Å². The molecule has 0 saturated carbocycles. The maximum absolute atomic E-state index is 12.8. The van der Waals surface area contributed by atoms with Gasteiger partial charge >= 0.3 is 11.9 Å². The summed E-state index contributed by atoms with van der Waals surface area (Å²) in [5.74, 6) is -2.72. The van der Waals surface area contributed by atoms with Crippen LogP contribution in [0.25, 0.3) is 0 Å². The molecule has 0 aliphatic carbocycles. The van der Waals surface area contributed by atoms with Gasteiger partial charge in [0.25, 0.3) is 5.91 Å². The highest BCUT2D eigenvalue weighted by atomic mass is 35.5. The minimum absolute atomic E-state index is 0.0344. The van der Waals surface area contributed by atoms with Crippen LogP contribution in [0.15, 0.2) is 60.7 Å². The second-order valence-electron chi connectivity index (χ2n) is 11.7. The number of nitrogens with one attached hydrogen (secondary N) is 3. The smallest absolute Gasteiger partial charge is 0.333 e. The third-order valence-corrected chi connectivity index (χ3v) is 8.09. The molecule has 0 unspecified atom stereocenters. The van der Waals surface area contributed by atoms with Crippen molar-refractivity contribution < 1.29 is 38.2 Å². The molecular weight excluding hydrogens is 756 g/mol. The predicted molar refractivity (Wildman–Crippen MR) is 200 cm³/mol. The number of hydrogen-bond donors (Lipinski definition) is 3. The molecule has 272 valence electrons. The number of halogens is 4. The molecule has 4 rings (SSSR count).